The number of benzene rings is 1. The Labute approximate surface area is 105 Å². The summed E-state index contributed by atoms with van der Waals surface area (Å²) in [4.78, 5) is 4.23. The molecule has 0 saturated heterocycles. The van der Waals surface area contributed by atoms with Gasteiger partial charge in [0.05, 0.1) is 11.9 Å². The highest BCUT2D eigenvalue weighted by molar-refractivity contribution is 5.62. The van der Waals surface area contributed by atoms with Crippen molar-refractivity contribution >= 4 is 5.69 Å². The Morgan fingerprint density at radius 3 is 2.56 bits per heavy atom. The lowest BCUT2D eigenvalue weighted by atomic mass is 10.1. The topological polar surface area (TPSA) is 56.7 Å². The second kappa shape index (κ2) is 4.33. The van der Waals surface area contributed by atoms with Gasteiger partial charge in [0.25, 0.3) is 0 Å². The Morgan fingerprint density at radius 2 is 1.78 bits per heavy atom. The van der Waals surface area contributed by atoms with Crippen LogP contribution in [0.2, 0.25) is 0 Å². The largest absolute Gasteiger partial charge is 0.396 e. The van der Waals surface area contributed by atoms with Crippen LogP contribution in [0.25, 0.3) is 16.9 Å². The van der Waals surface area contributed by atoms with Crippen LogP contribution in [0.1, 0.15) is 0 Å². The maximum atomic E-state index is 5.88. The quantitative estimate of drug-likeness (QED) is 0.743. The summed E-state index contributed by atoms with van der Waals surface area (Å²) in [5.74, 6) is 0.652. The van der Waals surface area contributed by atoms with Crippen LogP contribution < -0.4 is 5.73 Å². The Kier molecular flexibility index (Phi) is 2.53. The van der Waals surface area contributed by atoms with Crippen molar-refractivity contribution in [3.63, 3.8) is 0 Å². The van der Waals surface area contributed by atoms with Gasteiger partial charge in [-0.3, -0.25) is 0 Å². The molecule has 2 N–H and O–H groups in total. The highest BCUT2D eigenvalue weighted by Gasteiger charge is 2.06. The van der Waals surface area contributed by atoms with Gasteiger partial charge >= 0.3 is 0 Å². The second-order valence-electron chi connectivity index (χ2n) is 3.96. The molecule has 0 atom stereocenters. The first-order valence-electron chi connectivity index (χ1n) is 5.65. The van der Waals surface area contributed by atoms with E-state index in [-0.39, 0.29) is 0 Å². The summed E-state index contributed by atoms with van der Waals surface area (Å²) >= 11 is 0. The lowest BCUT2D eigenvalue weighted by molar-refractivity contribution is 0.850. The molecule has 0 saturated carbocycles. The highest BCUT2D eigenvalue weighted by atomic mass is 15.3. The summed E-state index contributed by atoms with van der Waals surface area (Å²) in [6.45, 7) is 0. The van der Waals surface area contributed by atoms with Gasteiger partial charge in [0.15, 0.2) is 5.82 Å². The zero-order valence-corrected chi connectivity index (χ0v) is 9.69. The average molecular weight is 236 g/mol. The fourth-order valence-corrected chi connectivity index (χ4v) is 1.82. The molecule has 0 amide bonds. The van der Waals surface area contributed by atoms with Gasteiger partial charge in [0.2, 0.25) is 0 Å². The first-order chi connectivity index (χ1) is 8.84. The molecule has 0 aliphatic rings. The van der Waals surface area contributed by atoms with E-state index in [1.54, 1.807) is 16.9 Å². The van der Waals surface area contributed by atoms with Crippen molar-refractivity contribution in [3.05, 3.63) is 61.1 Å². The van der Waals surface area contributed by atoms with Gasteiger partial charge in [-0.2, -0.15) is 5.10 Å². The number of aromatic nitrogens is 3. The van der Waals surface area contributed by atoms with Crippen molar-refractivity contribution in [1.29, 1.82) is 0 Å². The molecule has 18 heavy (non-hydrogen) atoms. The van der Waals surface area contributed by atoms with Crippen molar-refractivity contribution in [3.8, 4) is 16.9 Å². The molecule has 0 radical (unpaired) electrons. The fraction of sp³-hybridized carbons (Fsp3) is 0. The summed E-state index contributed by atoms with van der Waals surface area (Å²) in [6, 6.07) is 13.7. The minimum Gasteiger partial charge on any atom is -0.396 e. The Hall–Kier alpha value is -2.62. The van der Waals surface area contributed by atoms with Gasteiger partial charge < -0.3 is 5.73 Å². The third-order valence-electron chi connectivity index (χ3n) is 2.72. The number of rotatable bonds is 2. The molecule has 2 heterocycles. The summed E-state index contributed by atoms with van der Waals surface area (Å²) in [6.07, 6.45) is 5.44. The van der Waals surface area contributed by atoms with E-state index in [0.29, 0.717) is 11.5 Å². The minimum atomic E-state index is 0.611. The molecular weight excluding hydrogens is 224 g/mol. The Balaban J connectivity index is 2.03. The van der Waals surface area contributed by atoms with E-state index in [4.69, 9.17) is 5.73 Å². The van der Waals surface area contributed by atoms with E-state index < -0.39 is 0 Å². The van der Waals surface area contributed by atoms with Crippen LogP contribution in [0, 0.1) is 0 Å². The molecule has 0 aliphatic heterocycles. The molecule has 0 bridgehead atoms. The zero-order chi connectivity index (χ0) is 12.4. The Bertz CT molecular complexity index is 658. The first-order valence-corrected chi connectivity index (χ1v) is 5.65. The minimum absolute atomic E-state index is 0.611. The first kappa shape index (κ1) is 10.5. The lowest BCUT2D eigenvalue weighted by Gasteiger charge is -2.02. The lowest BCUT2D eigenvalue weighted by Crippen LogP contribution is -2.02. The Morgan fingerprint density at radius 1 is 0.944 bits per heavy atom. The third kappa shape index (κ3) is 1.84. The normalized spacial score (nSPS) is 10.4. The molecule has 2 aromatic heterocycles. The van der Waals surface area contributed by atoms with Crippen LogP contribution in [0.3, 0.4) is 0 Å². The molecule has 0 fully saturated rings. The van der Waals surface area contributed by atoms with Gasteiger partial charge in [-0.25, -0.2) is 9.67 Å². The maximum absolute atomic E-state index is 5.88. The van der Waals surface area contributed by atoms with Gasteiger partial charge in [-0.15, -0.1) is 0 Å². The predicted octanol–water partition coefficient (Wildman–Crippen LogP) is 2.52. The predicted molar refractivity (Wildman–Crippen MR) is 71.2 cm³/mol. The van der Waals surface area contributed by atoms with Crippen molar-refractivity contribution in [1.82, 2.24) is 14.8 Å². The highest BCUT2D eigenvalue weighted by Crippen LogP contribution is 2.20. The average Bonchev–Trinajstić information content (AvgIpc) is 2.90. The van der Waals surface area contributed by atoms with E-state index in [1.165, 1.54) is 0 Å². The molecule has 0 spiro atoms. The zero-order valence-electron chi connectivity index (χ0n) is 9.69. The molecule has 4 nitrogen and oxygen atoms in total. The van der Waals surface area contributed by atoms with Crippen molar-refractivity contribution in [2.45, 2.75) is 0 Å². The molecular formula is C14H12N4. The number of pyridine rings is 1. The summed E-state index contributed by atoms with van der Waals surface area (Å²) < 4.78 is 1.69. The number of nitrogens with two attached hydrogens (primary N) is 1. The molecule has 88 valence electrons. The van der Waals surface area contributed by atoms with Crippen LogP contribution in [0.15, 0.2) is 61.1 Å². The summed E-state index contributed by atoms with van der Waals surface area (Å²) in [5, 5.41) is 4.30. The van der Waals surface area contributed by atoms with Crippen molar-refractivity contribution in [2.75, 3.05) is 5.73 Å². The van der Waals surface area contributed by atoms with Gasteiger partial charge in [-0.1, -0.05) is 30.3 Å². The van der Waals surface area contributed by atoms with Gasteiger partial charge in [0.1, 0.15) is 0 Å². The third-order valence-corrected chi connectivity index (χ3v) is 2.72. The van der Waals surface area contributed by atoms with Crippen molar-refractivity contribution in [2.24, 2.45) is 0 Å². The summed E-state index contributed by atoms with van der Waals surface area (Å²) in [5.41, 5.74) is 8.65. The SMILES string of the molecule is Nc1cccnc1-n1cc(-c2ccccc2)cn1. The van der Waals surface area contributed by atoms with E-state index in [1.807, 2.05) is 48.8 Å². The van der Waals surface area contributed by atoms with E-state index in [9.17, 15) is 0 Å². The summed E-state index contributed by atoms with van der Waals surface area (Å²) in [7, 11) is 0. The van der Waals surface area contributed by atoms with Crippen LogP contribution in [-0.4, -0.2) is 14.8 Å². The van der Waals surface area contributed by atoms with E-state index in [2.05, 4.69) is 10.1 Å². The standard InChI is InChI=1S/C14H12N4/c15-13-7-4-8-16-14(13)18-10-12(9-17-18)11-5-2-1-3-6-11/h1-10H,15H2. The molecule has 0 unspecified atom stereocenters. The van der Waals surface area contributed by atoms with Gasteiger partial charge in [0, 0.05) is 18.0 Å². The fourth-order valence-electron chi connectivity index (χ4n) is 1.82. The molecule has 3 rings (SSSR count). The number of hydrogen-bond donors (Lipinski definition) is 1. The number of nitrogens with zero attached hydrogens (tertiary/aromatic N) is 3. The maximum Gasteiger partial charge on any atom is 0.176 e. The second-order valence-corrected chi connectivity index (χ2v) is 3.96. The molecule has 3 aromatic rings. The number of anilines is 1. The number of nitrogen functional groups attached to an aromatic ring is 1. The monoisotopic (exact) mass is 236 g/mol. The van der Waals surface area contributed by atoms with Crippen molar-refractivity contribution < 1.29 is 0 Å². The van der Waals surface area contributed by atoms with Gasteiger partial charge in [-0.05, 0) is 17.7 Å². The van der Waals surface area contributed by atoms with Crippen LogP contribution >= 0.6 is 0 Å². The van der Waals surface area contributed by atoms with E-state index >= 15 is 0 Å². The van der Waals surface area contributed by atoms with Crippen LogP contribution in [0.5, 0.6) is 0 Å². The van der Waals surface area contributed by atoms with E-state index in [0.717, 1.165) is 11.1 Å². The number of hydrogen-bond acceptors (Lipinski definition) is 3. The van der Waals surface area contributed by atoms with Crippen LogP contribution in [-0.2, 0) is 0 Å². The smallest absolute Gasteiger partial charge is 0.176 e. The van der Waals surface area contributed by atoms with Crippen LogP contribution in [0.4, 0.5) is 5.69 Å². The molecule has 0 aliphatic carbocycles. The molecule has 4 heteroatoms. The molecule has 1 aromatic carbocycles.